The summed E-state index contributed by atoms with van der Waals surface area (Å²) in [4.78, 5) is 0. The van der Waals surface area contributed by atoms with Gasteiger partial charge in [-0.05, 0) is 11.5 Å². The fraction of sp³-hybridized carbons (Fsp3) is 0.455. The zero-order valence-electron chi connectivity index (χ0n) is 9.35. The molecule has 0 spiro atoms. The van der Waals surface area contributed by atoms with Crippen molar-refractivity contribution in [3.63, 3.8) is 0 Å². The molecule has 92 valence electrons. The van der Waals surface area contributed by atoms with Crippen LogP contribution >= 0.6 is 12.4 Å². The zero-order valence-corrected chi connectivity index (χ0v) is 10.2. The number of benzene rings is 1. The molecule has 16 heavy (non-hydrogen) atoms. The minimum atomic E-state index is -1.20. The van der Waals surface area contributed by atoms with Crippen LogP contribution < -0.4 is 5.73 Å². The Morgan fingerprint density at radius 1 is 1.00 bits per heavy atom. The Balaban J connectivity index is 0.00000225. The molecular formula is C11H15ClF3N. The molecule has 2 N–H and O–H groups in total. The molecule has 0 radical (unpaired) electrons. The van der Waals surface area contributed by atoms with E-state index in [0.717, 1.165) is 6.07 Å². The molecule has 0 bridgehead atoms. The lowest BCUT2D eigenvalue weighted by Gasteiger charge is -2.27. The average Bonchev–Trinajstić information content (AvgIpc) is 2.08. The average molecular weight is 254 g/mol. The minimum absolute atomic E-state index is 0. The van der Waals surface area contributed by atoms with E-state index in [1.54, 1.807) is 20.8 Å². The maximum absolute atomic E-state index is 13.3. The highest BCUT2D eigenvalue weighted by molar-refractivity contribution is 5.85. The molecule has 1 rings (SSSR count). The third-order valence-electron chi connectivity index (χ3n) is 2.31. The van der Waals surface area contributed by atoms with E-state index in [2.05, 4.69) is 0 Å². The van der Waals surface area contributed by atoms with E-state index in [1.807, 2.05) is 0 Å². The molecule has 0 saturated carbocycles. The van der Waals surface area contributed by atoms with Crippen molar-refractivity contribution < 1.29 is 13.2 Å². The van der Waals surface area contributed by atoms with Crippen molar-refractivity contribution in [3.8, 4) is 0 Å². The second-order valence-corrected chi connectivity index (χ2v) is 4.63. The van der Waals surface area contributed by atoms with Gasteiger partial charge in [-0.3, -0.25) is 0 Å². The minimum Gasteiger partial charge on any atom is -0.323 e. The van der Waals surface area contributed by atoms with Gasteiger partial charge in [0, 0.05) is 17.7 Å². The van der Waals surface area contributed by atoms with E-state index in [1.165, 1.54) is 0 Å². The third kappa shape index (κ3) is 3.12. The second kappa shape index (κ2) is 5.06. The molecular weight excluding hydrogens is 239 g/mol. The van der Waals surface area contributed by atoms with Crippen molar-refractivity contribution in [1.82, 2.24) is 0 Å². The largest absolute Gasteiger partial charge is 0.323 e. The molecule has 0 aliphatic heterocycles. The highest BCUT2D eigenvalue weighted by Crippen LogP contribution is 2.32. The predicted molar refractivity (Wildman–Crippen MR) is 59.9 cm³/mol. The molecule has 0 aliphatic carbocycles. The standard InChI is InChI=1S/C11H14F3N.ClH/c1-11(2,3)10(15)6-4-8(13)9(14)5-7(6)12;/h4-5,10H,15H2,1-3H3;1H/t10-;/m1./s1. The van der Waals surface area contributed by atoms with Crippen LogP contribution in [0.5, 0.6) is 0 Å². The second-order valence-electron chi connectivity index (χ2n) is 4.63. The first kappa shape index (κ1) is 15.3. The van der Waals surface area contributed by atoms with Gasteiger partial charge in [0.05, 0.1) is 0 Å². The number of hydrogen-bond acceptors (Lipinski definition) is 1. The summed E-state index contributed by atoms with van der Waals surface area (Å²) < 4.78 is 38.9. The highest BCUT2D eigenvalue weighted by atomic mass is 35.5. The SMILES string of the molecule is CC(C)(C)[C@H](N)c1cc(F)c(F)cc1F.Cl. The van der Waals surface area contributed by atoms with Crippen molar-refractivity contribution in [2.45, 2.75) is 26.8 Å². The van der Waals surface area contributed by atoms with Crippen LogP contribution in [0.2, 0.25) is 0 Å². The van der Waals surface area contributed by atoms with Crippen LogP contribution in [-0.2, 0) is 0 Å². The molecule has 1 atom stereocenters. The van der Waals surface area contributed by atoms with Crippen LogP contribution in [-0.4, -0.2) is 0 Å². The molecule has 0 fully saturated rings. The summed E-state index contributed by atoms with van der Waals surface area (Å²) in [5, 5.41) is 0. The fourth-order valence-corrected chi connectivity index (χ4v) is 1.24. The van der Waals surface area contributed by atoms with Gasteiger partial charge < -0.3 is 5.73 Å². The quantitative estimate of drug-likeness (QED) is 0.761. The van der Waals surface area contributed by atoms with E-state index in [9.17, 15) is 13.2 Å². The zero-order chi connectivity index (χ0) is 11.8. The van der Waals surface area contributed by atoms with E-state index in [-0.39, 0.29) is 18.0 Å². The van der Waals surface area contributed by atoms with E-state index in [4.69, 9.17) is 5.73 Å². The van der Waals surface area contributed by atoms with Crippen LogP contribution in [0, 0.1) is 22.9 Å². The Bertz CT molecular complexity index is 374. The van der Waals surface area contributed by atoms with Crippen LogP contribution in [0.4, 0.5) is 13.2 Å². The summed E-state index contributed by atoms with van der Waals surface area (Å²) in [6.45, 7) is 5.41. The lowest BCUT2D eigenvalue weighted by molar-refractivity contribution is 0.317. The Morgan fingerprint density at radius 2 is 1.44 bits per heavy atom. The third-order valence-corrected chi connectivity index (χ3v) is 2.31. The summed E-state index contributed by atoms with van der Waals surface area (Å²) >= 11 is 0. The Labute approximate surface area is 99.2 Å². The number of hydrogen-bond donors (Lipinski definition) is 1. The Morgan fingerprint density at radius 3 is 1.88 bits per heavy atom. The van der Waals surface area contributed by atoms with Gasteiger partial charge in [0.15, 0.2) is 11.6 Å². The molecule has 0 aliphatic rings. The number of rotatable bonds is 1. The van der Waals surface area contributed by atoms with E-state index in [0.29, 0.717) is 6.07 Å². The number of nitrogens with two attached hydrogens (primary N) is 1. The summed E-state index contributed by atoms with van der Waals surface area (Å²) in [7, 11) is 0. The van der Waals surface area contributed by atoms with Crippen LogP contribution in [0.25, 0.3) is 0 Å². The maximum Gasteiger partial charge on any atom is 0.161 e. The van der Waals surface area contributed by atoms with Gasteiger partial charge in [-0.15, -0.1) is 12.4 Å². The Kier molecular flexibility index (Phi) is 4.83. The van der Waals surface area contributed by atoms with Gasteiger partial charge in [0.25, 0.3) is 0 Å². The van der Waals surface area contributed by atoms with Gasteiger partial charge in [0.2, 0.25) is 0 Å². The smallest absolute Gasteiger partial charge is 0.161 e. The summed E-state index contributed by atoms with van der Waals surface area (Å²) in [5.74, 6) is -3.08. The molecule has 1 aromatic rings. The molecule has 0 saturated heterocycles. The van der Waals surface area contributed by atoms with Gasteiger partial charge in [-0.25, -0.2) is 13.2 Å². The fourth-order valence-electron chi connectivity index (χ4n) is 1.24. The summed E-state index contributed by atoms with van der Waals surface area (Å²) in [6.07, 6.45) is 0. The molecule has 0 aromatic heterocycles. The number of halogens is 4. The highest BCUT2D eigenvalue weighted by Gasteiger charge is 2.26. The molecule has 1 nitrogen and oxygen atoms in total. The monoisotopic (exact) mass is 253 g/mol. The van der Waals surface area contributed by atoms with Crippen molar-refractivity contribution in [3.05, 3.63) is 35.1 Å². The first-order chi connectivity index (χ1) is 6.73. The molecule has 0 unspecified atom stereocenters. The van der Waals surface area contributed by atoms with Crippen molar-refractivity contribution in [1.29, 1.82) is 0 Å². The lowest BCUT2D eigenvalue weighted by atomic mass is 9.83. The van der Waals surface area contributed by atoms with Gasteiger partial charge in [-0.2, -0.15) is 0 Å². The van der Waals surface area contributed by atoms with Gasteiger partial charge in [-0.1, -0.05) is 20.8 Å². The van der Waals surface area contributed by atoms with Crippen LogP contribution in [0.1, 0.15) is 32.4 Å². The first-order valence-corrected chi connectivity index (χ1v) is 4.63. The lowest BCUT2D eigenvalue weighted by Crippen LogP contribution is -2.27. The summed E-state index contributed by atoms with van der Waals surface area (Å²) in [5.41, 5.74) is 5.35. The van der Waals surface area contributed by atoms with Crippen LogP contribution in [0.15, 0.2) is 12.1 Å². The van der Waals surface area contributed by atoms with E-state index >= 15 is 0 Å². The van der Waals surface area contributed by atoms with Crippen molar-refractivity contribution in [2.75, 3.05) is 0 Å². The van der Waals surface area contributed by atoms with Crippen molar-refractivity contribution >= 4 is 12.4 Å². The molecule has 1 aromatic carbocycles. The topological polar surface area (TPSA) is 26.0 Å². The molecule has 0 amide bonds. The predicted octanol–water partition coefficient (Wildman–Crippen LogP) is 3.57. The maximum atomic E-state index is 13.3. The van der Waals surface area contributed by atoms with Gasteiger partial charge >= 0.3 is 0 Å². The first-order valence-electron chi connectivity index (χ1n) is 4.63. The Hall–Kier alpha value is -0.740. The van der Waals surface area contributed by atoms with E-state index < -0.39 is 28.9 Å². The summed E-state index contributed by atoms with van der Waals surface area (Å²) in [6, 6.07) is 0.671. The van der Waals surface area contributed by atoms with Gasteiger partial charge in [0.1, 0.15) is 5.82 Å². The molecule has 5 heteroatoms. The van der Waals surface area contributed by atoms with Crippen molar-refractivity contribution in [2.24, 2.45) is 11.1 Å². The van der Waals surface area contributed by atoms with Crippen LogP contribution in [0.3, 0.4) is 0 Å². The normalized spacial score (nSPS) is 13.2. The molecule has 0 heterocycles.